The van der Waals surface area contributed by atoms with Crippen LogP contribution in [0, 0.1) is 0 Å². The molecule has 4 N–H and O–H groups in total. The van der Waals surface area contributed by atoms with Crippen LogP contribution in [0.3, 0.4) is 0 Å². The van der Waals surface area contributed by atoms with Crippen molar-refractivity contribution in [3.8, 4) is 0 Å². The van der Waals surface area contributed by atoms with E-state index >= 15 is 0 Å². The lowest BCUT2D eigenvalue weighted by Crippen LogP contribution is -2.57. The number of rotatable bonds is 8. The number of carbonyl (C=O) groups is 3. The molecule has 0 aromatic heterocycles. The number of amides is 1. The zero-order chi connectivity index (χ0) is 15.2. The molecule has 1 saturated heterocycles. The van der Waals surface area contributed by atoms with Gasteiger partial charge in [-0.3, -0.25) is 9.59 Å². The van der Waals surface area contributed by atoms with Crippen LogP contribution in [0.15, 0.2) is 0 Å². The van der Waals surface area contributed by atoms with Crippen molar-refractivity contribution in [3.05, 3.63) is 0 Å². The van der Waals surface area contributed by atoms with Crippen molar-refractivity contribution in [1.82, 2.24) is 10.6 Å². The first-order valence-corrected chi connectivity index (χ1v) is 6.92. The molecular formula is C13H22N2O5. The highest BCUT2D eigenvalue weighted by molar-refractivity contribution is 5.90. The lowest BCUT2D eigenvalue weighted by Gasteiger charge is -2.29. The molecule has 1 aliphatic rings. The van der Waals surface area contributed by atoms with E-state index in [1.807, 2.05) is 6.92 Å². The van der Waals surface area contributed by atoms with E-state index < -0.39 is 23.5 Å². The number of hydrogen-bond donors (Lipinski definition) is 4. The molecule has 20 heavy (non-hydrogen) atoms. The number of aliphatic carboxylic acids is 2. The first-order valence-electron chi connectivity index (χ1n) is 6.92. The van der Waals surface area contributed by atoms with Gasteiger partial charge >= 0.3 is 11.9 Å². The molecule has 0 aromatic carbocycles. The van der Waals surface area contributed by atoms with E-state index in [1.54, 1.807) is 0 Å². The van der Waals surface area contributed by atoms with Gasteiger partial charge in [0.2, 0.25) is 5.91 Å². The third-order valence-electron chi connectivity index (χ3n) is 3.61. The van der Waals surface area contributed by atoms with E-state index in [9.17, 15) is 14.4 Å². The molecule has 1 unspecified atom stereocenters. The maximum atomic E-state index is 12.3. The molecule has 0 spiro atoms. The van der Waals surface area contributed by atoms with Gasteiger partial charge in [-0.25, -0.2) is 4.79 Å². The number of nitrogens with one attached hydrogen (secondary N) is 2. The highest BCUT2D eigenvalue weighted by Gasteiger charge is 2.41. The number of carbonyl (C=O) groups excluding carboxylic acids is 1. The van der Waals surface area contributed by atoms with E-state index in [4.69, 9.17) is 10.2 Å². The van der Waals surface area contributed by atoms with Gasteiger partial charge in [0.1, 0.15) is 6.04 Å². The average molecular weight is 286 g/mol. The summed E-state index contributed by atoms with van der Waals surface area (Å²) in [5.74, 6) is -2.62. The van der Waals surface area contributed by atoms with E-state index in [2.05, 4.69) is 10.6 Å². The lowest BCUT2D eigenvalue weighted by molar-refractivity contribution is -0.144. The Morgan fingerprint density at radius 1 is 1.35 bits per heavy atom. The monoisotopic (exact) mass is 286 g/mol. The quantitative estimate of drug-likeness (QED) is 0.511. The molecule has 2 atom stereocenters. The van der Waals surface area contributed by atoms with Gasteiger partial charge in [-0.2, -0.15) is 0 Å². The third-order valence-corrected chi connectivity index (χ3v) is 3.61. The van der Waals surface area contributed by atoms with Gasteiger partial charge in [-0.05, 0) is 32.2 Å². The van der Waals surface area contributed by atoms with Crippen LogP contribution in [0.5, 0.6) is 0 Å². The maximum absolute atomic E-state index is 12.3. The molecule has 0 radical (unpaired) electrons. The number of carboxylic acids is 2. The van der Waals surface area contributed by atoms with Gasteiger partial charge in [0.15, 0.2) is 0 Å². The molecule has 0 saturated carbocycles. The van der Waals surface area contributed by atoms with E-state index in [-0.39, 0.29) is 18.7 Å². The molecule has 1 amide bonds. The van der Waals surface area contributed by atoms with Crippen LogP contribution in [0.2, 0.25) is 0 Å². The van der Waals surface area contributed by atoms with Gasteiger partial charge < -0.3 is 20.8 Å². The summed E-state index contributed by atoms with van der Waals surface area (Å²) in [6, 6.07) is -1.16. The van der Waals surface area contributed by atoms with Crippen LogP contribution < -0.4 is 10.6 Å². The minimum Gasteiger partial charge on any atom is -0.481 e. The van der Waals surface area contributed by atoms with Crippen molar-refractivity contribution in [2.75, 3.05) is 6.54 Å². The Morgan fingerprint density at radius 3 is 2.50 bits per heavy atom. The van der Waals surface area contributed by atoms with Crippen molar-refractivity contribution in [2.24, 2.45) is 0 Å². The summed E-state index contributed by atoms with van der Waals surface area (Å²) in [7, 11) is 0. The van der Waals surface area contributed by atoms with Crippen LogP contribution in [-0.2, 0) is 14.4 Å². The fourth-order valence-corrected chi connectivity index (χ4v) is 2.58. The van der Waals surface area contributed by atoms with Crippen LogP contribution >= 0.6 is 0 Å². The first-order chi connectivity index (χ1) is 9.41. The Balaban J connectivity index is 2.68. The topological polar surface area (TPSA) is 116 Å². The van der Waals surface area contributed by atoms with Gasteiger partial charge in [0, 0.05) is 6.42 Å². The molecule has 0 aromatic rings. The van der Waals surface area contributed by atoms with Crippen molar-refractivity contribution in [2.45, 2.75) is 57.0 Å². The van der Waals surface area contributed by atoms with Crippen molar-refractivity contribution in [1.29, 1.82) is 0 Å². The maximum Gasteiger partial charge on any atom is 0.326 e. The minimum atomic E-state index is -1.20. The third kappa shape index (κ3) is 4.19. The Bertz CT molecular complexity index is 377. The Labute approximate surface area is 117 Å². The molecule has 1 aliphatic heterocycles. The Kier molecular flexibility index (Phi) is 5.94. The normalized spacial score (nSPS) is 23.2. The van der Waals surface area contributed by atoms with Crippen molar-refractivity contribution < 1.29 is 24.6 Å². The summed E-state index contributed by atoms with van der Waals surface area (Å²) < 4.78 is 0. The summed E-state index contributed by atoms with van der Waals surface area (Å²) in [5, 5.41) is 23.3. The SMILES string of the molecule is CCCC1(C(=O)N[C@@H](CCC(=O)O)C(=O)O)CCCN1. The number of carboxylic acid groups (broad SMARTS) is 2. The second-order valence-corrected chi connectivity index (χ2v) is 5.16. The molecule has 0 bridgehead atoms. The second-order valence-electron chi connectivity index (χ2n) is 5.16. The van der Waals surface area contributed by atoms with E-state index in [0.29, 0.717) is 12.8 Å². The summed E-state index contributed by atoms with van der Waals surface area (Å²) in [5.41, 5.74) is -0.703. The van der Waals surface area contributed by atoms with Crippen molar-refractivity contribution >= 4 is 17.8 Å². The average Bonchev–Trinajstić information content (AvgIpc) is 2.83. The Hall–Kier alpha value is -1.63. The van der Waals surface area contributed by atoms with E-state index in [1.165, 1.54) is 0 Å². The second kappa shape index (κ2) is 7.23. The molecular weight excluding hydrogens is 264 g/mol. The van der Waals surface area contributed by atoms with Gasteiger partial charge in [0.05, 0.1) is 5.54 Å². The van der Waals surface area contributed by atoms with E-state index in [0.717, 1.165) is 19.4 Å². The van der Waals surface area contributed by atoms with Gasteiger partial charge in [-0.1, -0.05) is 13.3 Å². The van der Waals surface area contributed by atoms with Gasteiger partial charge in [0.25, 0.3) is 0 Å². The van der Waals surface area contributed by atoms with Crippen molar-refractivity contribution in [3.63, 3.8) is 0 Å². The summed E-state index contributed by atoms with van der Waals surface area (Å²) in [6.07, 6.45) is 2.61. The van der Waals surface area contributed by atoms with Crippen LogP contribution in [0.25, 0.3) is 0 Å². The molecule has 1 heterocycles. The number of hydrogen-bond acceptors (Lipinski definition) is 4. The molecule has 114 valence electrons. The van der Waals surface area contributed by atoms with Crippen LogP contribution in [-0.4, -0.2) is 46.2 Å². The molecule has 1 fully saturated rings. The molecule has 7 heteroatoms. The highest BCUT2D eigenvalue weighted by atomic mass is 16.4. The molecule has 1 rings (SSSR count). The van der Waals surface area contributed by atoms with Gasteiger partial charge in [-0.15, -0.1) is 0 Å². The zero-order valence-corrected chi connectivity index (χ0v) is 11.6. The highest BCUT2D eigenvalue weighted by Crippen LogP contribution is 2.25. The minimum absolute atomic E-state index is 0.112. The first kappa shape index (κ1) is 16.4. The smallest absolute Gasteiger partial charge is 0.326 e. The predicted molar refractivity (Wildman–Crippen MR) is 71.3 cm³/mol. The predicted octanol–water partition coefficient (Wildman–Crippen LogP) is 0.343. The standard InChI is InChI=1S/C13H22N2O5/c1-2-6-13(7-3-8-14-13)12(20)15-9(11(18)19)4-5-10(16)17/h9,14H,2-8H2,1H3,(H,15,20)(H,16,17)(H,18,19)/t9-,13?/m0/s1. The lowest BCUT2D eigenvalue weighted by atomic mass is 9.90. The fourth-order valence-electron chi connectivity index (χ4n) is 2.58. The summed E-state index contributed by atoms with van der Waals surface area (Å²) in [6.45, 7) is 2.70. The summed E-state index contributed by atoms with van der Waals surface area (Å²) >= 11 is 0. The largest absolute Gasteiger partial charge is 0.481 e. The van der Waals surface area contributed by atoms with Crippen LogP contribution in [0.1, 0.15) is 45.4 Å². The fraction of sp³-hybridized carbons (Fsp3) is 0.769. The summed E-state index contributed by atoms with van der Waals surface area (Å²) in [4.78, 5) is 33.9. The molecule has 0 aliphatic carbocycles. The Morgan fingerprint density at radius 2 is 2.05 bits per heavy atom. The zero-order valence-electron chi connectivity index (χ0n) is 11.6. The van der Waals surface area contributed by atoms with Crippen LogP contribution in [0.4, 0.5) is 0 Å². The molecule has 7 nitrogen and oxygen atoms in total.